The smallest absolute Gasteiger partial charge is 0.270 e. The number of carbonyl (C=O) groups excluding carboxylic acids is 3. The van der Waals surface area contributed by atoms with Gasteiger partial charge in [-0.25, -0.2) is 0 Å². The standard InChI is InChI=1S/C22H18N2O3/c1-15-9-5-6-12-17(15)21(26)23-24-22(27)19-14-8-7-13-18(19)20(25)16-10-3-2-4-11-16/h2-14H,1H3,(H,23,26)(H,24,27). The largest absolute Gasteiger partial charge is 0.289 e. The molecule has 0 spiro atoms. The van der Waals surface area contributed by atoms with E-state index in [-0.39, 0.29) is 16.9 Å². The highest BCUT2D eigenvalue weighted by atomic mass is 16.2. The number of hydrogen-bond acceptors (Lipinski definition) is 3. The van der Waals surface area contributed by atoms with Crippen LogP contribution in [0.25, 0.3) is 0 Å². The molecule has 0 unspecified atom stereocenters. The van der Waals surface area contributed by atoms with Crippen LogP contribution in [0.1, 0.15) is 42.2 Å². The van der Waals surface area contributed by atoms with Crippen LogP contribution >= 0.6 is 0 Å². The molecule has 3 aromatic carbocycles. The Morgan fingerprint density at radius 2 is 1.07 bits per heavy atom. The lowest BCUT2D eigenvalue weighted by atomic mass is 9.98. The van der Waals surface area contributed by atoms with Crippen LogP contribution in [0, 0.1) is 6.92 Å². The van der Waals surface area contributed by atoms with Gasteiger partial charge < -0.3 is 0 Å². The predicted octanol–water partition coefficient (Wildman–Crippen LogP) is 3.30. The van der Waals surface area contributed by atoms with E-state index < -0.39 is 11.8 Å². The quantitative estimate of drug-likeness (QED) is 0.555. The van der Waals surface area contributed by atoms with Crippen molar-refractivity contribution in [2.75, 3.05) is 0 Å². The molecule has 134 valence electrons. The minimum Gasteiger partial charge on any atom is -0.289 e. The summed E-state index contributed by atoms with van der Waals surface area (Å²) in [6, 6.07) is 22.3. The molecule has 0 radical (unpaired) electrons. The first-order chi connectivity index (χ1) is 13.1. The van der Waals surface area contributed by atoms with E-state index in [1.165, 1.54) is 0 Å². The first-order valence-electron chi connectivity index (χ1n) is 8.43. The average Bonchev–Trinajstić information content (AvgIpc) is 2.72. The number of ketones is 1. The molecule has 0 saturated carbocycles. The molecule has 0 heterocycles. The van der Waals surface area contributed by atoms with E-state index >= 15 is 0 Å². The Morgan fingerprint density at radius 3 is 1.70 bits per heavy atom. The molecule has 27 heavy (non-hydrogen) atoms. The lowest BCUT2D eigenvalue weighted by Crippen LogP contribution is -2.42. The summed E-state index contributed by atoms with van der Waals surface area (Å²) in [6.07, 6.45) is 0. The van der Waals surface area contributed by atoms with E-state index in [0.29, 0.717) is 11.1 Å². The lowest BCUT2D eigenvalue weighted by Gasteiger charge is -2.11. The third kappa shape index (κ3) is 4.10. The molecule has 0 atom stereocenters. The fourth-order valence-electron chi connectivity index (χ4n) is 2.70. The molecule has 3 aromatic rings. The van der Waals surface area contributed by atoms with Gasteiger partial charge in [0.2, 0.25) is 0 Å². The summed E-state index contributed by atoms with van der Waals surface area (Å²) < 4.78 is 0. The Kier molecular flexibility index (Phi) is 5.42. The highest BCUT2D eigenvalue weighted by Crippen LogP contribution is 2.14. The maximum absolute atomic E-state index is 12.7. The van der Waals surface area contributed by atoms with Crippen LogP contribution in [-0.2, 0) is 0 Å². The second-order valence-corrected chi connectivity index (χ2v) is 5.96. The van der Waals surface area contributed by atoms with Gasteiger partial charge in [-0.1, -0.05) is 66.7 Å². The van der Waals surface area contributed by atoms with Crippen molar-refractivity contribution in [3.63, 3.8) is 0 Å². The van der Waals surface area contributed by atoms with E-state index in [1.807, 2.05) is 25.1 Å². The average molecular weight is 358 g/mol. The maximum atomic E-state index is 12.7. The highest BCUT2D eigenvalue weighted by Gasteiger charge is 2.18. The van der Waals surface area contributed by atoms with E-state index in [0.717, 1.165) is 5.56 Å². The molecule has 0 fully saturated rings. The summed E-state index contributed by atoms with van der Waals surface area (Å²) in [5.74, 6) is -1.24. The first kappa shape index (κ1) is 18.1. The van der Waals surface area contributed by atoms with Crippen molar-refractivity contribution in [3.05, 3.63) is 107 Å². The van der Waals surface area contributed by atoms with E-state index in [2.05, 4.69) is 10.9 Å². The number of hydrazine groups is 1. The van der Waals surface area contributed by atoms with Gasteiger partial charge in [0.1, 0.15) is 0 Å². The molecular weight excluding hydrogens is 340 g/mol. The molecule has 0 aliphatic heterocycles. The van der Waals surface area contributed by atoms with Gasteiger partial charge >= 0.3 is 0 Å². The molecule has 0 aromatic heterocycles. The van der Waals surface area contributed by atoms with Crippen molar-refractivity contribution in [1.82, 2.24) is 10.9 Å². The maximum Gasteiger partial charge on any atom is 0.270 e. The van der Waals surface area contributed by atoms with Crippen molar-refractivity contribution >= 4 is 17.6 Å². The highest BCUT2D eigenvalue weighted by molar-refractivity contribution is 6.15. The molecule has 0 aliphatic carbocycles. The van der Waals surface area contributed by atoms with Crippen molar-refractivity contribution in [2.24, 2.45) is 0 Å². The Balaban J connectivity index is 1.77. The van der Waals surface area contributed by atoms with E-state index in [1.54, 1.807) is 60.7 Å². The number of nitrogens with one attached hydrogen (secondary N) is 2. The van der Waals surface area contributed by atoms with Gasteiger partial charge in [0.15, 0.2) is 5.78 Å². The topological polar surface area (TPSA) is 75.3 Å². The zero-order chi connectivity index (χ0) is 19.2. The molecule has 0 aliphatic rings. The number of amides is 2. The van der Waals surface area contributed by atoms with Crippen molar-refractivity contribution in [1.29, 1.82) is 0 Å². The van der Waals surface area contributed by atoms with Gasteiger partial charge in [0, 0.05) is 16.7 Å². The molecule has 0 saturated heterocycles. The normalized spacial score (nSPS) is 10.1. The zero-order valence-corrected chi connectivity index (χ0v) is 14.7. The zero-order valence-electron chi connectivity index (χ0n) is 14.7. The second-order valence-electron chi connectivity index (χ2n) is 5.96. The molecule has 2 amide bonds. The Labute approximate surface area is 157 Å². The van der Waals surface area contributed by atoms with Crippen molar-refractivity contribution < 1.29 is 14.4 Å². The summed E-state index contributed by atoms with van der Waals surface area (Å²) in [4.78, 5) is 37.5. The molecule has 0 bridgehead atoms. The molecule has 5 heteroatoms. The monoisotopic (exact) mass is 358 g/mol. The van der Waals surface area contributed by atoms with Crippen LogP contribution in [0.15, 0.2) is 78.9 Å². The number of rotatable bonds is 4. The molecule has 3 rings (SSSR count). The summed E-state index contributed by atoms with van der Waals surface area (Å²) in [7, 11) is 0. The Hall–Kier alpha value is -3.73. The van der Waals surface area contributed by atoms with Gasteiger partial charge in [-0.3, -0.25) is 25.2 Å². The Bertz CT molecular complexity index is 997. The number of benzene rings is 3. The van der Waals surface area contributed by atoms with Crippen LogP contribution in [0.4, 0.5) is 0 Å². The van der Waals surface area contributed by atoms with Gasteiger partial charge in [0.25, 0.3) is 11.8 Å². The van der Waals surface area contributed by atoms with Gasteiger partial charge in [-0.15, -0.1) is 0 Å². The first-order valence-corrected chi connectivity index (χ1v) is 8.43. The molecular formula is C22H18N2O3. The summed E-state index contributed by atoms with van der Waals surface area (Å²) in [5.41, 5.74) is 6.98. The fraction of sp³-hybridized carbons (Fsp3) is 0.0455. The summed E-state index contributed by atoms with van der Waals surface area (Å²) >= 11 is 0. The summed E-state index contributed by atoms with van der Waals surface area (Å²) in [5, 5.41) is 0. The molecule has 5 nitrogen and oxygen atoms in total. The van der Waals surface area contributed by atoms with Gasteiger partial charge in [-0.05, 0) is 24.6 Å². The molecule has 2 N–H and O–H groups in total. The van der Waals surface area contributed by atoms with E-state index in [4.69, 9.17) is 0 Å². The van der Waals surface area contributed by atoms with Crippen LogP contribution in [0.5, 0.6) is 0 Å². The van der Waals surface area contributed by atoms with Crippen molar-refractivity contribution in [3.8, 4) is 0 Å². The van der Waals surface area contributed by atoms with Crippen LogP contribution in [0.3, 0.4) is 0 Å². The number of hydrogen-bond donors (Lipinski definition) is 2. The number of carbonyl (C=O) groups is 3. The third-order valence-electron chi connectivity index (χ3n) is 4.13. The van der Waals surface area contributed by atoms with Crippen LogP contribution < -0.4 is 10.9 Å². The van der Waals surface area contributed by atoms with Gasteiger partial charge in [-0.2, -0.15) is 0 Å². The predicted molar refractivity (Wildman–Crippen MR) is 102 cm³/mol. The van der Waals surface area contributed by atoms with Gasteiger partial charge in [0.05, 0.1) is 5.56 Å². The number of aryl methyl sites for hydroxylation is 1. The Morgan fingerprint density at radius 1 is 0.593 bits per heavy atom. The third-order valence-corrected chi connectivity index (χ3v) is 4.13. The van der Waals surface area contributed by atoms with E-state index in [9.17, 15) is 14.4 Å². The minimum absolute atomic E-state index is 0.191. The fourth-order valence-corrected chi connectivity index (χ4v) is 2.70. The minimum atomic E-state index is -0.559. The second kappa shape index (κ2) is 8.10. The lowest BCUT2D eigenvalue weighted by molar-refractivity contribution is 0.0844. The van der Waals surface area contributed by atoms with Crippen LogP contribution in [0.2, 0.25) is 0 Å². The SMILES string of the molecule is Cc1ccccc1C(=O)NNC(=O)c1ccccc1C(=O)c1ccccc1. The summed E-state index contributed by atoms with van der Waals surface area (Å²) in [6.45, 7) is 1.81. The van der Waals surface area contributed by atoms with Crippen molar-refractivity contribution in [2.45, 2.75) is 6.92 Å². The van der Waals surface area contributed by atoms with Crippen LogP contribution in [-0.4, -0.2) is 17.6 Å².